The van der Waals surface area contributed by atoms with Crippen molar-refractivity contribution < 1.29 is 9.68 Å². The van der Waals surface area contributed by atoms with Crippen molar-refractivity contribution in [1.29, 1.82) is 0 Å². The Hall–Kier alpha value is -11.7. The van der Waals surface area contributed by atoms with E-state index in [1.165, 1.54) is 181 Å². The summed E-state index contributed by atoms with van der Waals surface area (Å²) in [4.78, 5) is 0. The summed E-state index contributed by atoms with van der Waals surface area (Å²) in [7, 11) is 0.707. The van der Waals surface area contributed by atoms with Crippen LogP contribution in [0.25, 0.3) is 164 Å². The van der Waals surface area contributed by atoms with Gasteiger partial charge in [-0.05, 0) is 229 Å². The Bertz CT molecular complexity index is 6290. The molecule has 0 aromatic heterocycles. The summed E-state index contributed by atoms with van der Waals surface area (Å²) in [6.07, 6.45) is 0. The highest BCUT2D eigenvalue weighted by atomic mass is 79.9. The van der Waals surface area contributed by atoms with Gasteiger partial charge in [-0.25, -0.2) is 0 Å². The fraction of sp³-hybridized carbons (Fsp3) is 0.0612. The molecule has 102 heavy (non-hydrogen) atoms. The zero-order valence-electron chi connectivity index (χ0n) is 57.1. The lowest BCUT2D eigenvalue weighted by atomic mass is 9.80. The number of hydrogen-bond acceptors (Lipinski definition) is 2. The Morgan fingerprint density at radius 3 is 0.971 bits per heavy atom. The standard InChI is InChI=1S/C49H34.C30H20BO2.C19H15Br/c1-49(2)45-28-26-36(30-44(45)43-27-25-33-12-5-6-14-38(33)48(43)49)32-19-22-34(23-20-32)46-39-15-7-9-17-41(39)47(42-18-10-8-16-40(42)46)37-24-21-31-11-3-4-13-35(31)29-37;32-31-33-24-17-15-21(16-18-24)29-25-9-3-5-11-27(25)30(28-12-6-4-10-26(28)29)23-14-13-20-7-1-2-8-22(20)19-23;1-19(2)17-10-8-13(20)11-16(17)15-9-7-12-5-3-4-6-14(12)18(15)19/h3-30H,1-2H3;1-19,32H;3-11H,1-2H3. The van der Waals surface area contributed by atoms with Crippen LogP contribution in [0.15, 0.2) is 344 Å². The first-order valence-electron chi connectivity index (χ1n) is 35.2. The number of benzene rings is 18. The number of rotatable bonds is 7. The van der Waals surface area contributed by atoms with Crippen molar-refractivity contribution in [3.05, 3.63) is 366 Å². The second-order valence-corrected chi connectivity index (χ2v) is 29.2. The molecule has 1 N–H and O–H groups in total. The lowest BCUT2D eigenvalue weighted by molar-refractivity contribution is 0.454. The third kappa shape index (κ3) is 10.5. The second kappa shape index (κ2) is 25.2. The lowest BCUT2D eigenvalue weighted by Crippen LogP contribution is -2.15. The quantitative estimate of drug-likeness (QED) is 0.127. The maximum atomic E-state index is 8.95. The summed E-state index contributed by atoms with van der Waals surface area (Å²) in [6, 6.07) is 123. The minimum Gasteiger partial charge on any atom is -0.537 e. The molecule has 2 nitrogen and oxygen atoms in total. The molecule has 4 heteroatoms. The van der Waals surface area contributed by atoms with Crippen LogP contribution in [0.2, 0.25) is 0 Å². The number of halogens is 1. The summed E-state index contributed by atoms with van der Waals surface area (Å²) >= 11 is 3.60. The van der Waals surface area contributed by atoms with Crippen LogP contribution in [0, 0.1) is 0 Å². The molecule has 1 radical (unpaired) electrons. The van der Waals surface area contributed by atoms with Gasteiger partial charge in [-0.15, -0.1) is 0 Å². The summed E-state index contributed by atoms with van der Waals surface area (Å²) < 4.78 is 6.26. The predicted molar refractivity (Wildman–Crippen MR) is 438 cm³/mol. The molecule has 483 valence electrons. The zero-order chi connectivity index (χ0) is 68.8. The molecule has 0 amide bonds. The van der Waals surface area contributed by atoms with Crippen LogP contribution in [0.1, 0.15) is 49.9 Å². The van der Waals surface area contributed by atoms with E-state index >= 15 is 0 Å². The molecule has 2 aliphatic carbocycles. The molecule has 20 rings (SSSR count). The van der Waals surface area contributed by atoms with E-state index in [1.807, 2.05) is 24.3 Å². The minimum atomic E-state index is -0.0466. The van der Waals surface area contributed by atoms with Crippen LogP contribution in [-0.4, -0.2) is 12.7 Å². The van der Waals surface area contributed by atoms with Crippen LogP contribution in [0.5, 0.6) is 5.75 Å². The van der Waals surface area contributed by atoms with Crippen LogP contribution in [0.3, 0.4) is 0 Å². The Morgan fingerprint density at radius 1 is 0.255 bits per heavy atom. The first-order valence-corrected chi connectivity index (χ1v) is 36.0. The van der Waals surface area contributed by atoms with Gasteiger partial charge in [0.1, 0.15) is 5.75 Å². The van der Waals surface area contributed by atoms with Crippen LogP contribution in [0.4, 0.5) is 0 Å². The van der Waals surface area contributed by atoms with Gasteiger partial charge in [0.05, 0.1) is 0 Å². The predicted octanol–water partition coefficient (Wildman–Crippen LogP) is 26.9. The second-order valence-electron chi connectivity index (χ2n) is 28.2. The molecule has 0 aliphatic heterocycles. The van der Waals surface area contributed by atoms with Gasteiger partial charge in [0.15, 0.2) is 0 Å². The van der Waals surface area contributed by atoms with Gasteiger partial charge >= 0.3 is 7.69 Å². The van der Waals surface area contributed by atoms with Crippen molar-refractivity contribution in [2.75, 3.05) is 0 Å². The Balaban J connectivity index is 0.000000121. The summed E-state index contributed by atoms with van der Waals surface area (Å²) in [6.45, 7) is 9.41. The smallest absolute Gasteiger partial charge is 0.537 e. The Kier molecular flexibility index (Phi) is 15.5. The summed E-state index contributed by atoms with van der Waals surface area (Å²) in [5.74, 6) is 0.600. The van der Waals surface area contributed by atoms with Gasteiger partial charge in [0.25, 0.3) is 0 Å². The van der Waals surface area contributed by atoms with E-state index < -0.39 is 0 Å². The summed E-state index contributed by atoms with van der Waals surface area (Å²) in [5.41, 5.74) is 23.6. The fourth-order valence-electron chi connectivity index (χ4n) is 17.2. The van der Waals surface area contributed by atoms with Crippen molar-refractivity contribution in [2.45, 2.75) is 38.5 Å². The SMILES string of the molecule is CC1(C)c2ccc(-c3ccc(-c4c5ccccc5c(-c5ccc6ccccc6c5)c5ccccc45)cc3)cc2-c2ccc3ccccc3c21.CC1(C)c2ccc(Br)cc2-c2ccc3ccccc3c21.O[B]Oc1ccc(-c2c3ccccc3c(-c3ccc4ccccc4c3)c3ccccc23)cc1. The van der Waals surface area contributed by atoms with Crippen LogP contribution in [-0.2, 0) is 10.8 Å². The van der Waals surface area contributed by atoms with Crippen LogP contribution < -0.4 is 4.65 Å². The molecule has 18 aromatic carbocycles. The molecule has 0 saturated carbocycles. The highest BCUT2D eigenvalue weighted by Crippen LogP contribution is 2.55. The van der Waals surface area contributed by atoms with Crippen molar-refractivity contribution in [1.82, 2.24) is 0 Å². The highest BCUT2D eigenvalue weighted by Gasteiger charge is 2.38. The van der Waals surface area contributed by atoms with Gasteiger partial charge in [-0.1, -0.05) is 341 Å². The number of fused-ring (bicyclic) bond motifs is 16. The summed E-state index contributed by atoms with van der Waals surface area (Å²) in [5, 5.41) is 29.3. The molecule has 2 aliphatic rings. The third-order valence-electron chi connectivity index (χ3n) is 21.8. The molecule has 0 fully saturated rings. The topological polar surface area (TPSA) is 29.5 Å². The van der Waals surface area contributed by atoms with Gasteiger partial charge in [-0.3, -0.25) is 0 Å². The normalized spacial score (nSPS) is 13.0. The van der Waals surface area contributed by atoms with Gasteiger partial charge < -0.3 is 9.68 Å². The van der Waals surface area contributed by atoms with Crippen molar-refractivity contribution in [2.24, 2.45) is 0 Å². The first-order chi connectivity index (χ1) is 50.0. The molecule has 0 bridgehead atoms. The molecule has 0 spiro atoms. The van der Waals surface area contributed by atoms with E-state index in [9.17, 15) is 0 Å². The Labute approximate surface area is 603 Å². The molecule has 18 aromatic rings. The van der Waals surface area contributed by atoms with E-state index in [4.69, 9.17) is 9.68 Å². The first kappa shape index (κ1) is 62.6. The van der Waals surface area contributed by atoms with E-state index in [-0.39, 0.29) is 10.8 Å². The largest absolute Gasteiger partial charge is 0.569 e. The monoisotopic (exact) mass is 1370 g/mol. The van der Waals surface area contributed by atoms with Gasteiger partial charge in [-0.2, -0.15) is 0 Å². The van der Waals surface area contributed by atoms with Crippen molar-refractivity contribution in [3.63, 3.8) is 0 Å². The fourth-order valence-corrected chi connectivity index (χ4v) is 17.5. The minimum absolute atomic E-state index is 0.0466. The van der Waals surface area contributed by atoms with E-state index in [0.717, 1.165) is 10.0 Å². The maximum Gasteiger partial charge on any atom is 0.569 e. The van der Waals surface area contributed by atoms with E-state index in [2.05, 4.69) is 359 Å². The maximum absolute atomic E-state index is 8.95. The van der Waals surface area contributed by atoms with Crippen molar-refractivity contribution in [3.8, 4) is 83.6 Å². The molecular formula is C98H69BBrO2. The molecule has 0 unspecified atom stereocenters. The third-order valence-corrected chi connectivity index (χ3v) is 22.3. The molecule has 0 saturated heterocycles. The highest BCUT2D eigenvalue weighted by molar-refractivity contribution is 9.10. The van der Waals surface area contributed by atoms with Crippen molar-refractivity contribution >= 4 is 110 Å². The van der Waals surface area contributed by atoms with E-state index in [1.54, 1.807) is 0 Å². The van der Waals surface area contributed by atoms with Gasteiger partial charge in [0.2, 0.25) is 0 Å². The number of hydrogen-bond donors (Lipinski definition) is 1. The van der Waals surface area contributed by atoms with Gasteiger partial charge in [0, 0.05) is 15.3 Å². The van der Waals surface area contributed by atoms with Crippen LogP contribution >= 0.6 is 15.9 Å². The zero-order valence-corrected chi connectivity index (χ0v) is 58.7. The molecule has 0 heterocycles. The molecule has 0 atom stereocenters. The average molecular weight is 1370 g/mol. The Morgan fingerprint density at radius 2 is 0.559 bits per heavy atom. The van der Waals surface area contributed by atoms with E-state index in [0.29, 0.717) is 13.4 Å². The molecular weight excluding hydrogens is 1300 g/mol. The average Bonchev–Trinajstić information content (AvgIpc) is 1.40. The lowest BCUT2D eigenvalue weighted by Gasteiger charge is -2.23.